The number of ether oxygens (including phenoxy) is 1. The summed E-state index contributed by atoms with van der Waals surface area (Å²) in [6, 6.07) is -0.502. The number of nitrogens with one attached hydrogen (secondary N) is 2. The van der Waals surface area contributed by atoms with E-state index in [0.29, 0.717) is 0 Å². The van der Waals surface area contributed by atoms with Crippen LogP contribution in [0.3, 0.4) is 0 Å². The van der Waals surface area contributed by atoms with E-state index in [1.165, 1.54) is 7.11 Å². The Labute approximate surface area is 102 Å². The van der Waals surface area contributed by atoms with Crippen LogP contribution in [-0.4, -0.2) is 43.7 Å². The van der Waals surface area contributed by atoms with E-state index in [1.54, 1.807) is 6.92 Å². The summed E-state index contributed by atoms with van der Waals surface area (Å²) in [5.41, 5.74) is 5.40. The van der Waals surface area contributed by atoms with E-state index >= 15 is 0 Å². The lowest BCUT2D eigenvalue weighted by molar-refractivity contribution is -0.130. The number of hydrogen-bond donors (Lipinski definition) is 3. The summed E-state index contributed by atoms with van der Waals surface area (Å²) in [5, 5.41) is 5.32. The molecule has 4 N–H and O–H groups in total. The average molecular weight is 245 g/mol. The van der Waals surface area contributed by atoms with E-state index in [1.807, 2.05) is 13.8 Å². The molecular formula is C11H23N3O3. The molecule has 2 amide bonds. The Morgan fingerprint density at radius 2 is 1.82 bits per heavy atom. The van der Waals surface area contributed by atoms with Gasteiger partial charge in [0.05, 0.1) is 12.5 Å². The molecule has 6 heteroatoms. The van der Waals surface area contributed by atoms with Gasteiger partial charge in [0.25, 0.3) is 0 Å². The summed E-state index contributed by atoms with van der Waals surface area (Å²) >= 11 is 0. The molecule has 0 radical (unpaired) electrons. The molecule has 2 unspecified atom stereocenters. The Morgan fingerprint density at radius 3 is 2.24 bits per heavy atom. The largest absolute Gasteiger partial charge is 0.380 e. The molecule has 0 aromatic rings. The van der Waals surface area contributed by atoms with Gasteiger partial charge in [-0.05, 0) is 20.8 Å². The van der Waals surface area contributed by atoms with Gasteiger partial charge in [-0.25, -0.2) is 0 Å². The van der Waals surface area contributed by atoms with Crippen molar-refractivity contribution in [1.29, 1.82) is 0 Å². The summed E-state index contributed by atoms with van der Waals surface area (Å²) < 4.78 is 4.99. The molecule has 0 aromatic carbocycles. The molecular weight excluding hydrogens is 222 g/mol. The molecule has 0 saturated heterocycles. The van der Waals surface area contributed by atoms with Crippen LogP contribution in [0.25, 0.3) is 0 Å². The van der Waals surface area contributed by atoms with Gasteiger partial charge >= 0.3 is 0 Å². The van der Waals surface area contributed by atoms with Crippen LogP contribution in [0.2, 0.25) is 0 Å². The highest BCUT2D eigenvalue weighted by molar-refractivity contribution is 5.87. The number of carbonyl (C=O) groups excluding carboxylic acids is 2. The van der Waals surface area contributed by atoms with Crippen LogP contribution >= 0.6 is 0 Å². The monoisotopic (exact) mass is 245 g/mol. The number of amides is 2. The third-order valence-corrected chi connectivity index (χ3v) is 2.21. The van der Waals surface area contributed by atoms with E-state index in [0.717, 1.165) is 0 Å². The second-order valence-electron chi connectivity index (χ2n) is 4.25. The van der Waals surface area contributed by atoms with Crippen molar-refractivity contribution in [2.75, 3.05) is 13.7 Å². The zero-order chi connectivity index (χ0) is 13.4. The first kappa shape index (κ1) is 15.9. The maximum absolute atomic E-state index is 11.5. The quantitative estimate of drug-likeness (QED) is 0.557. The van der Waals surface area contributed by atoms with Crippen LogP contribution in [0.1, 0.15) is 27.2 Å². The van der Waals surface area contributed by atoms with Gasteiger partial charge in [-0.2, -0.15) is 0 Å². The van der Waals surface area contributed by atoms with E-state index < -0.39 is 6.04 Å². The Kier molecular flexibility index (Phi) is 7.49. The van der Waals surface area contributed by atoms with Gasteiger partial charge in [-0.3, -0.25) is 9.59 Å². The van der Waals surface area contributed by atoms with Gasteiger partial charge in [0.1, 0.15) is 6.04 Å². The molecule has 0 heterocycles. The summed E-state index contributed by atoms with van der Waals surface area (Å²) in [6.45, 7) is 5.64. The number of rotatable bonds is 7. The van der Waals surface area contributed by atoms with Crippen LogP contribution < -0.4 is 16.4 Å². The molecule has 0 aliphatic heterocycles. The molecule has 2 atom stereocenters. The second kappa shape index (κ2) is 8.03. The van der Waals surface area contributed by atoms with Gasteiger partial charge in [0, 0.05) is 19.7 Å². The zero-order valence-electron chi connectivity index (χ0n) is 10.9. The van der Waals surface area contributed by atoms with Crippen LogP contribution in [-0.2, 0) is 14.3 Å². The van der Waals surface area contributed by atoms with Crippen molar-refractivity contribution in [3.8, 4) is 0 Å². The van der Waals surface area contributed by atoms with Gasteiger partial charge in [-0.15, -0.1) is 0 Å². The highest BCUT2D eigenvalue weighted by atomic mass is 16.5. The summed E-state index contributed by atoms with van der Waals surface area (Å²) in [6.07, 6.45) is -0.151. The van der Waals surface area contributed by atoms with E-state index in [-0.39, 0.29) is 36.9 Å². The highest BCUT2D eigenvalue weighted by Gasteiger charge is 2.18. The Morgan fingerprint density at radius 1 is 1.24 bits per heavy atom. The number of carbonyl (C=O) groups is 2. The van der Waals surface area contributed by atoms with Crippen molar-refractivity contribution < 1.29 is 14.3 Å². The molecule has 0 saturated carbocycles. The molecule has 0 spiro atoms. The molecule has 0 fully saturated rings. The van der Waals surface area contributed by atoms with Gasteiger partial charge in [-0.1, -0.05) is 0 Å². The molecule has 0 aliphatic rings. The van der Waals surface area contributed by atoms with Crippen molar-refractivity contribution in [3.63, 3.8) is 0 Å². The predicted octanol–water partition coefficient (Wildman–Crippen LogP) is -0.620. The average Bonchev–Trinajstić information content (AvgIpc) is 2.24. The van der Waals surface area contributed by atoms with E-state index in [4.69, 9.17) is 10.5 Å². The predicted molar refractivity (Wildman–Crippen MR) is 65.4 cm³/mol. The fraction of sp³-hybridized carbons (Fsp3) is 0.818. The maximum atomic E-state index is 11.5. The Hall–Kier alpha value is -1.14. The minimum atomic E-state index is -0.555. The lowest BCUT2D eigenvalue weighted by atomic mass is 10.2. The lowest BCUT2D eigenvalue weighted by Crippen LogP contribution is -2.47. The van der Waals surface area contributed by atoms with Gasteiger partial charge in [0.2, 0.25) is 11.8 Å². The topological polar surface area (TPSA) is 93.4 Å². The van der Waals surface area contributed by atoms with Crippen molar-refractivity contribution in [2.24, 2.45) is 5.73 Å². The Bertz CT molecular complexity index is 252. The van der Waals surface area contributed by atoms with Crippen LogP contribution in [0.5, 0.6) is 0 Å². The van der Waals surface area contributed by atoms with Crippen molar-refractivity contribution in [1.82, 2.24) is 10.6 Å². The molecule has 0 aromatic heterocycles. The third kappa shape index (κ3) is 6.91. The summed E-state index contributed by atoms with van der Waals surface area (Å²) in [5.74, 6) is -0.441. The number of nitrogens with two attached hydrogens (primary N) is 1. The standard InChI is InChI=1S/C11H23N3O3/c1-7(2)13-11(16)8(3)14-10(15)5-9(6-12)17-4/h7-9H,5-6,12H2,1-4H3,(H,13,16)(H,14,15). The fourth-order valence-electron chi connectivity index (χ4n) is 1.25. The van der Waals surface area contributed by atoms with Crippen molar-refractivity contribution >= 4 is 11.8 Å². The van der Waals surface area contributed by atoms with Crippen LogP contribution in [0.4, 0.5) is 0 Å². The first-order valence-corrected chi connectivity index (χ1v) is 5.73. The smallest absolute Gasteiger partial charge is 0.242 e. The normalized spacial score (nSPS) is 14.2. The number of hydrogen-bond acceptors (Lipinski definition) is 4. The first-order chi connectivity index (χ1) is 7.90. The van der Waals surface area contributed by atoms with Gasteiger partial charge < -0.3 is 21.1 Å². The molecule has 0 bridgehead atoms. The maximum Gasteiger partial charge on any atom is 0.242 e. The number of methoxy groups -OCH3 is 1. The summed E-state index contributed by atoms with van der Waals surface area (Å²) in [7, 11) is 1.50. The zero-order valence-corrected chi connectivity index (χ0v) is 10.9. The molecule has 6 nitrogen and oxygen atoms in total. The first-order valence-electron chi connectivity index (χ1n) is 5.73. The minimum absolute atomic E-state index is 0.0533. The van der Waals surface area contributed by atoms with E-state index in [9.17, 15) is 9.59 Å². The Balaban J connectivity index is 4.06. The van der Waals surface area contributed by atoms with Crippen LogP contribution in [0.15, 0.2) is 0 Å². The van der Waals surface area contributed by atoms with Gasteiger partial charge in [0.15, 0.2) is 0 Å². The molecule has 0 aliphatic carbocycles. The summed E-state index contributed by atoms with van der Waals surface area (Å²) in [4.78, 5) is 23.1. The fourth-order valence-corrected chi connectivity index (χ4v) is 1.25. The molecule has 17 heavy (non-hydrogen) atoms. The SMILES string of the molecule is COC(CN)CC(=O)NC(C)C(=O)NC(C)C. The molecule has 0 rings (SSSR count). The van der Waals surface area contributed by atoms with Crippen LogP contribution in [0, 0.1) is 0 Å². The highest BCUT2D eigenvalue weighted by Crippen LogP contribution is 1.95. The lowest BCUT2D eigenvalue weighted by Gasteiger charge is -2.17. The minimum Gasteiger partial charge on any atom is -0.380 e. The van der Waals surface area contributed by atoms with E-state index in [2.05, 4.69) is 10.6 Å². The van der Waals surface area contributed by atoms with Crippen molar-refractivity contribution in [3.05, 3.63) is 0 Å². The second-order valence-corrected chi connectivity index (χ2v) is 4.25. The third-order valence-electron chi connectivity index (χ3n) is 2.21. The van der Waals surface area contributed by atoms with Crippen molar-refractivity contribution in [2.45, 2.75) is 45.4 Å². The molecule has 100 valence electrons.